The summed E-state index contributed by atoms with van der Waals surface area (Å²) in [4.78, 5) is 31.9. The molecule has 0 spiro atoms. The number of sulfonamides is 1. The van der Waals surface area contributed by atoms with Crippen molar-refractivity contribution in [3.8, 4) is 22.9 Å². The number of aromatic nitrogens is 1. The number of rotatable bonds is 14. The van der Waals surface area contributed by atoms with Crippen molar-refractivity contribution in [2.24, 2.45) is 0 Å². The van der Waals surface area contributed by atoms with Crippen LogP contribution in [0.15, 0.2) is 67.0 Å². The molecule has 1 aromatic heterocycles. The summed E-state index contributed by atoms with van der Waals surface area (Å²) in [6.45, 7) is 16.6. The van der Waals surface area contributed by atoms with Gasteiger partial charge in [0.2, 0.25) is 10.0 Å². The van der Waals surface area contributed by atoms with Crippen LogP contribution in [0.25, 0.3) is 11.1 Å². The number of nitrogens with zero attached hydrogens (tertiary/aromatic N) is 3. The molecule has 2 aromatic carbocycles. The smallest absolute Gasteiger partial charge is 0.407 e. The SMILES string of the molecule is CC(C)(C)N(C[C@](CCc1cccnc1)(O[Si](C)(C)C(C)(C)C)c1ccc(-c2ccc(C(=O)NS(=O)(=O)CC#N)c(OC3CCCCC3)c2)cc1)C(=O)O. The Hall–Kier alpha value is -4.25. The lowest BCUT2D eigenvalue weighted by Gasteiger charge is -2.49. The van der Waals surface area contributed by atoms with Crippen molar-refractivity contribution in [1.29, 1.82) is 5.26 Å². The van der Waals surface area contributed by atoms with Gasteiger partial charge in [-0.15, -0.1) is 0 Å². The number of hydrogen-bond acceptors (Lipinski definition) is 8. The van der Waals surface area contributed by atoms with Gasteiger partial charge in [0.05, 0.1) is 29.9 Å². The van der Waals surface area contributed by atoms with E-state index in [2.05, 4.69) is 38.8 Å². The minimum absolute atomic E-state index is 0.0654. The van der Waals surface area contributed by atoms with Gasteiger partial charge in [0.1, 0.15) is 5.75 Å². The second-order valence-corrected chi connectivity index (χ2v) is 23.2. The van der Waals surface area contributed by atoms with E-state index >= 15 is 0 Å². The van der Waals surface area contributed by atoms with Crippen LogP contribution < -0.4 is 9.46 Å². The third kappa shape index (κ3) is 10.9. The van der Waals surface area contributed by atoms with Crippen LogP contribution in [0.5, 0.6) is 5.75 Å². The predicted molar refractivity (Wildman–Crippen MR) is 213 cm³/mol. The number of carboxylic acid groups (broad SMARTS) is 1. The topological polar surface area (TPSA) is 159 Å². The quantitative estimate of drug-likeness (QED) is 0.153. The number of amides is 2. The van der Waals surface area contributed by atoms with Crippen LogP contribution in [0.2, 0.25) is 18.1 Å². The van der Waals surface area contributed by atoms with Gasteiger partial charge in [-0.2, -0.15) is 5.26 Å². The van der Waals surface area contributed by atoms with E-state index in [-0.39, 0.29) is 29.0 Å². The molecule has 2 N–H and O–H groups in total. The summed E-state index contributed by atoms with van der Waals surface area (Å²) in [6, 6.07) is 18.4. The second-order valence-electron chi connectivity index (χ2n) is 16.8. The van der Waals surface area contributed by atoms with Crippen LogP contribution in [-0.2, 0) is 26.5 Å². The summed E-state index contributed by atoms with van der Waals surface area (Å²) in [5.41, 5.74) is 1.76. The van der Waals surface area contributed by atoms with E-state index in [1.807, 2.05) is 68.1 Å². The van der Waals surface area contributed by atoms with Crippen LogP contribution in [-0.4, -0.2) is 67.7 Å². The monoisotopic (exact) mass is 776 g/mol. The number of hydrogen-bond donors (Lipinski definition) is 2. The number of benzene rings is 2. The van der Waals surface area contributed by atoms with E-state index in [9.17, 15) is 23.1 Å². The Kier molecular flexibility index (Phi) is 13.4. The van der Waals surface area contributed by atoms with Crippen molar-refractivity contribution in [3.05, 3.63) is 83.7 Å². The highest BCUT2D eigenvalue weighted by atomic mass is 32.2. The van der Waals surface area contributed by atoms with Gasteiger partial charge < -0.3 is 19.2 Å². The first kappa shape index (κ1) is 42.5. The molecule has 0 aliphatic heterocycles. The maximum atomic E-state index is 13.2. The molecule has 292 valence electrons. The molecule has 11 nitrogen and oxygen atoms in total. The molecule has 0 radical (unpaired) electrons. The third-order valence-corrected chi connectivity index (χ3v) is 16.1. The standard InChI is InChI=1S/C41H56N4O7SSi/c1-39(2,3)45(38(47)48)29-41(52-54(7,8)40(4,5)6,23-22-30-13-12-25-43-28-30)33-19-16-31(17-20-33)32-18-21-35(37(46)44-53(49,50)26-24-42)36(27-32)51-34-14-10-9-11-15-34/h12-13,16-21,25,27-28,34H,9-11,14-15,22-23,26,29H2,1-8H3,(H,44,46)(H,47,48)/t41-/m0/s1. The first-order valence-corrected chi connectivity index (χ1v) is 23.2. The molecule has 1 aliphatic rings. The van der Waals surface area contributed by atoms with Crippen LogP contribution >= 0.6 is 0 Å². The maximum Gasteiger partial charge on any atom is 0.407 e. The summed E-state index contributed by atoms with van der Waals surface area (Å²) < 4.78 is 40.4. The van der Waals surface area contributed by atoms with Gasteiger partial charge >= 0.3 is 6.09 Å². The Bertz CT molecular complexity index is 1910. The Morgan fingerprint density at radius 1 is 1.00 bits per heavy atom. The fourth-order valence-electron chi connectivity index (χ4n) is 6.47. The average Bonchev–Trinajstić information content (AvgIpc) is 3.09. The number of carbonyl (C=O) groups is 2. The zero-order valence-electron chi connectivity index (χ0n) is 32.9. The van der Waals surface area contributed by atoms with Crippen LogP contribution in [0.3, 0.4) is 0 Å². The third-order valence-electron chi connectivity index (χ3n) is 10.6. The maximum absolute atomic E-state index is 13.2. The van der Waals surface area contributed by atoms with Crippen molar-refractivity contribution < 1.29 is 32.3 Å². The van der Waals surface area contributed by atoms with Gasteiger partial charge in [-0.1, -0.05) is 63.6 Å². The molecule has 0 bridgehead atoms. The van der Waals surface area contributed by atoms with Crippen LogP contribution in [0, 0.1) is 11.3 Å². The Morgan fingerprint density at radius 2 is 1.65 bits per heavy atom. The highest BCUT2D eigenvalue weighted by Gasteiger charge is 2.48. The molecular weight excluding hydrogens is 721 g/mol. The van der Waals surface area contributed by atoms with E-state index < -0.39 is 47.2 Å². The fourth-order valence-corrected chi connectivity index (χ4v) is 8.67. The molecule has 1 fully saturated rings. The Balaban J connectivity index is 1.83. The summed E-state index contributed by atoms with van der Waals surface area (Å²) in [7, 11) is -6.67. The van der Waals surface area contributed by atoms with E-state index in [1.165, 1.54) is 4.90 Å². The summed E-state index contributed by atoms with van der Waals surface area (Å²) >= 11 is 0. The molecule has 0 saturated heterocycles. The van der Waals surface area contributed by atoms with Gasteiger partial charge in [0.15, 0.2) is 14.1 Å². The fraction of sp³-hybridized carbons (Fsp3) is 0.512. The summed E-state index contributed by atoms with van der Waals surface area (Å²) in [6.07, 6.45) is 8.27. The average molecular weight is 777 g/mol. The zero-order valence-corrected chi connectivity index (χ0v) is 34.8. The number of ether oxygens (including phenoxy) is 1. The molecule has 3 aromatic rings. The molecule has 13 heteroatoms. The van der Waals surface area contributed by atoms with Gasteiger partial charge in [-0.25, -0.2) is 17.9 Å². The molecular formula is C41H56N4O7SSi. The second kappa shape index (κ2) is 17.0. The normalized spacial score (nSPS) is 15.5. The van der Waals surface area contributed by atoms with E-state index in [4.69, 9.17) is 14.4 Å². The summed E-state index contributed by atoms with van der Waals surface area (Å²) in [5.74, 6) is -1.44. The number of nitriles is 1. The number of nitrogens with one attached hydrogen (secondary N) is 1. The van der Waals surface area contributed by atoms with Crippen molar-refractivity contribution in [3.63, 3.8) is 0 Å². The molecule has 54 heavy (non-hydrogen) atoms. The Labute approximate surface area is 322 Å². The zero-order chi connectivity index (χ0) is 40.0. The van der Waals surface area contributed by atoms with Crippen molar-refractivity contribution in [2.45, 2.75) is 122 Å². The van der Waals surface area contributed by atoms with Crippen molar-refractivity contribution in [1.82, 2.24) is 14.6 Å². The largest absolute Gasteiger partial charge is 0.490 e. The van der Waals surface area contributed by atoms with Gasteiger partial charge in [0.25, 0.3) is 5.91 Å². The van der Waals surface area contributed by atoms with Gasteiger partial charge in [0, 0.05) is 17.9 Å². The number of carbonyl (C=O) groups excluding carboxylic acids is 1. The van der Waals surface area contributed by atoms with Crippen molar-refractivity contribution in [2.75, 3.05) is 12.3 Å². The van der Waals surface area contributed by atoms with E-state index in [0.29, 0.717) is 12.8 Å². The Morgan fingerprint density at radius 3 is 2.20 bits per heavy atom. The molecule has 1 atom stereocenters. The highest BCUT2D eigenvalue weighted by molar-refractivity contribution is 7.90. The predicted octanol–water partition coefficient (Wildman–Crippen LogP) is 8.67. The highest BCUT2D eigenvalue weighted by Crippen LogP contribution is 2.45. The molecule has 4 rings (SSSR count). The lowest BCUT2D eigenvalue weighted by molar-refractivity contribution is -0.0156. The first-order valence-electron chi connectivity index (χ1n) is 18.6. The number of pyridine rings is 1. The van der Waals surface area contributed by atoms with E-state index in [0.717, 1.165) is 54.4 Å². The van der Waals surface area contributed by atoms with Gasteiger partial charge in [-0.3, -0.25) is 9.78 Å². The minimum atomic E-state index is -4.15. The molecule has 2 amide bonds. The minimum Gasteiger partial charge on any atom is -0.490 e. The van der Waals surface area contributed by atoms with E-state index in [1.54, 1.807) is 30.5 Å². The van der Waals surface area contributed by atoms with Crippen LogP contribution in [0.1, 0.15) is 102 Å². The molecule has 1 aliphatic carbocycles. The van der Waals surface area contributed by atoms with Crippen LogP contribution in [0.4, 0.5) is 4.79 Å². The lowest BCUT2D eigenvalue weighted by atomic mass is 9.85. The lowest BCUT2D eigenvalue weighted by Crippen LogP contribution is -2.57. The number of aryl methyl sites for hydroxylation is 1. The molecule has 1 heterocycles. The molecule has 1 saturated carbocycles. The first-order chi connectivity index (χ1) is 25.2. The van der Waals surface area contributed by atoms with Crippen molar-refractivity contribution >= 4 is 30.3 Å². The van der Waals surface area contributed by atoms with Gasteiger partial charge in [-0.05, 0) is 118 Å². The molecule has 0 unspecified atom stereocenters. The summed E-state index contributed by atoms with van der Waals surface area (Å²) in [5, 5.41) is 19.3.